The number of ether oxygens (including phenoxy) is 1. The Kier molecular flexibility index (Phi) is 10.5. The molecule has 0 spiro atoms. The number of carbonyl (C=O) groups excluding carboxylic acids is 1. The van der Waals surface area contributed by atoms with Crippen LogP contribution in [0.15, 0.2) is 0 Å². The fraction of sp³-hybridized carbons (Fsp3) is 0.917. The summed E-state index contributed by atoms with van der Waals surface area (Å²) >= 11 is 0. The first-order valence-electron chi connectivity index (χ1n) is 6.25. The Morgan fingerprint density at radius 2 is 2.06 bits per heavy atom. The van der Waals surface area contributed by atoms with Crippen molar-refractivity contribution >= 4 is 5.91 Å². The number of unbranched alkanes of at least 4 members (excludes halogenated alkanes) is 1. The summed E-state index contributed by atoms with van der Waals surface area (Å²) in [6, 6.07) is 0. The Hall–Kier alpha value is -0.610. The highest BCUT2D eigenvalue weighted by Gasteiger charge is 2.06. The Morgan fingerprint density at radius 3 is 2.69 bits per heavy atom. The molecule has 16 heavy (non-hydrogen) atoms. The molecule has 0 aliphatic heterocycles. The molecule has 0 bridgehead atoms. The van der Waals surface area contributed by atoms with Gasteiger partial charge in [0.25, 0.3) is 0 Å². The van der Waals surface area contributed by atoms with Crippen LogP contribution >= 0.6 is 0 Å². The highest BCUT2D eigenvalue weighted by Crippen LogP contribution is 1.97. The van der Waals surface area contributed by atoms with Gasteiger partial charge in [0.05, 0.1) is 0 Å². The van der Waals surface area contributed by atoms with Crippen LogP contribution in [0.3, 0.4) is 0 Å². The van der Waals surface area contributed by atoms with Crippen LogP contribution in [0, 0.1) is 5.92 Å². The molecule has 0 aliphatic carbocycles. The van der Waals surface area contributed by atoms with E-state index in [0.717, 1.165) is 32.5 Å². The lowest BCUT2D eigenvalue weighted by Gasteiger charge is -2.09. The zero-order valence-corrected chi connectivity index (χ0v) is 10.6. The molecule has 4 nitrogen and oxygen atoms in total. The number of hydrogen-bond acceptors (Lipinski definition) is 3. The standard InChI is InChI=1S/C12H26N2O2/c1-3-4-7-16-8-5-6-14-12(15)9-11(2)10-13/h11H,3-10,13H2,1-2H3,(H,14,15). The van der Waals surface area contributed by atoms with E-state index in [9.17, 15) is 4.79 Å². The quantitative estimate of drug-likeness (QED) is 0.556. The highest BCUT2D eigenvalue weighted by molar-refractivity contribution is 5.76. The third-order valence-corrected chi connectivity index (χ3v) is 2.37. The van der Waals surface area contributed by atoms with Crippen molar-refractivity contribution < 1.29 is 9.53 Å². The molecule has 4 heteroatoms. The number of nitrogens with one attached hydrogen (secondary N) is 1. The van der Waals surface area contributed by atoms with Crippen LogP contribution in [-0.2, 0) is 9.53 Å². The molecule has 0 aromatic rings. The minimum absolute atomic E-state index is 0.0894. The maximum absolute atomic E-state index is 11.3. The van der Waals surface area contributed by atoms with E-state index < -0.39 is 0 Å². The largest absolute Gasteiger partial charge is 0.381 e. The van der Waals surface area contributed by atoms with Gasteiger partial charge < -0.3 is 15.8 Å². The van der Waals surface area contributed by atoms with Crippen molar-refractivity contribution in [3.05, 3.63) is 0 Å². The first-order chi connectivity index (χ1) is 7.70. The molecule has 1 amide bonds. The van der Waals surface area contributed by atoms with Crippen molar-refractivity contribution in [3.8, 4) is 0 Å². The van der Waals surface area contributed by atoms with Gasteiger partial charge in [-0.1, -0.05) is 20.3 Å². The van der Waals surface area contributed by atoms with E-state index in [4.69, 9.17) is 10.5 Å². The summed E-state index contributed by atoms with van der Waals surface area (Å²) in [6.45, 7) is 6.94. The molecule has 1 unspecified atom stereocenters. The molecule has 3 N–H and O–H groups in total. The van der Waals surface area contributed by atoms with Gasteiger partial charge in [-0.2, -0.15) is 0 Å². The van der Waals surface area contributed by atoms with Gasteiger partial charge >= 0.3 is 0 Å². The van der Waals surface area contributed by atoms with Crippen LogP contribution in [0.5, 0.6) is 0 Å². The average Bonchev–Trinajstić information content (AvgIpc) is 2.27. The fourth-order valence-electron chi connectivity index (χ4n) is 1.22. The van der Waals surface area contributed by atoms with E-state index >= 15 is 0 Å². The van der Waals surface area contributed by atoms with Gasteiger partial charge in [-0.15, -0.1) is 0 Å². The lowest BCUT2D eigenvalue weighted by Crippen LogP contribution is -2.28. The van der Waals surface area contributed by atoms with Crippen LogP contribution in [0.25, 0.3) is 0 Å². The van der Waals surface area contributed by atoms with Gasteiger partial charge in [0.2, 0.25) is 5.91 Å². The molecule has 0 aromatic heterocycles. The molecular weight excluding hydrogens is 204 g/mol. The third kappa shape index (κ3) is 9.93. The summed E-state index contributed by atoms with van der Waals surface area (Å²) in [5.74, 6) is 0.354. The SMILES string of the molecule is CCCCOCCCNC(=O)CC(C)CN. The van der Waals surface area contributed by atoms with Crippen molar-refractivity contribution in [1.82, 2.24) is 5.32 Å². The third-order valence-electron chi connectivity index (χ3n) is 2.37. The Morgan fingerprint density at radius 1 is 1.38 bits per heavy atom. The van der Waals surface area contributed by atoms with Crippen LogP contribution in [0.1, 0.15) is 39.5 Å². The van der Waals surface area contributed by atoms with Gasteiger partial charge in [0.15, 0.2) is 0 Å². The second-order valence-corrected chi connectivity index (χ2v) is 4.21. The van der Waals surface area contributed by atoms with Crippen molar-refractivity contribution in [2.75, 3.05) is 26.3 Å². The number of hydrogen-bond donors (Lipinski definition) is 2. The van der Waals surface area contributed by atoms with E-state index in [1.807, 2.05) is 6.92 Å². The molecule has 0 saturated heterocycles. The second-order valence-electron chi connectivity index (χ2n) is 4.21. The van der Waals surface area contributed by atoms with E-state index in [2.05, 4.69) is 12.2 Å². The van der Waals surface area contributed by atoms with Gasteiger partial charge in [0, 0.05) is 26.2 Å². The molecule has 0 aromatic carbocycles. The molecule has 1 atom stereocenters. The van der Waals surface area contributed by atoms with Crippen molar-refractivity contribution in [1.29, 1.82) is 0 Å². The zero-order valence-electron chi connectivity index (χ0n) is 10.6. The number of rotatable bonds is 10. The summed E-state index contributed by atoms with van der Waals surface area (Å²) in [5, 5.41) is 2.86. The van der Waals surface area contributed by atoms with E-state index in [1.54, 1.807) is 0 Å². The summed E-state index contributed by atoms with van der Waals surface area (Å²) in [5.41, 5.74) is 5.44. The van der Waals surface area contributed by atoms with Gasteiger partial charge in [-0.05, 0) is 25.3 Å². The number of amides is 1. The van der Waals surface area contributed by atoms with Crippen molar-refractivity contribution in [2.24, 2.45) is 11.7 Å². The summed E-state index contributed by atoms with van der Waals surface area (Å²) in [4.78, 5) is 11.3. The Labute approximate surface area is 98.9 Å². The molecule has 96 valence electrons. The molecule has 0 fully saturated rings. The maximum atomic E-state index is 11.3. The molecule has 0 rings (SSSR count). The average molecular weight is 230 g/mol. The van der Waals surface area contributed by atoms with Crippen LogP contribution < -0.4 is 11.1 Å². The molecule has 0 saturated carbocycles. The maximum Gasteiger partial charge on any atom is 0.220 e. The first kappa shape index (κ1) is 15.4. The van der Waals surface area contributed by atoms with Gasteiger partial charge in [0.1, 0.15) is 0 Å². The van der Waals surface area contributed by atoms with Gasteiger partial charge in [-0.25, -0.2) is 0 Å². The van der Waals surface area contributed by atoms with E-state index in [-0.39, 0.29) is 11.8 Å². The predicted octanol–water partition coefficient (Wildman–Crippen LogP) is 1.29. The van der Waals surface area contributed by atoms with Crippen LogP contribution in [0.4, 0.5) is 0 Å². The Balaban J connectivity index is 3.21. The highest BCUT2D eigenvalue weighted by atomic mass is 16.5. The monoisotopic (exact) mass is 230 g/mol. The van der Waals surface area contributed by atoms with Crippen LogP contribution in [0.2, 0.25) is 0 Å². The Bertz CT molecular complexity index is 174. The van der Waals surface area contributed by atoms with Crippen molar-refractivity contribution in [3.63, 3.8) is 0 Å². The molecule has 0 aliphatic rings. The topological polar surface area (TPSA) is 64.3 Å². The predicted molar refractivity (Wildman–Crippen MR) is 66.2 cm³/mol. The summed E-state index contributed by atoms with van der Waals surface area (Å²) in [7, 11) is 0. The lowest BCUT2D eigenvalue weighted by molar-refractivity contribution is -0.121. The van der Waals surface area contributed by atoms with Crippen LogP contribution in [-0.4, -0.2) is 32.2 Å². The van der Waals surface area contributed by atoms with E-state index in [1.165, 1.54) is 0 Å². The van der Waals surface area contributed by atoms with Crippen molar-refractivity contribution in [2.45, 2.75) is 39.5 Å². The van der Waals surface area contributed by atoms with Gasteiger partial charge in [-0.3, -0.25) is 4.79 Å². The lowest BCUT2D eigenvalue weighted by atomic mass is 10.1. The molecule has 0 heterocycles. The summed E-state index contributed by atoms with van der Waals surface area (Å²) in [6.07, 6.45) is 3.67. The molecule has 0 radical (unpaired) electrons. The fourth-order valence-corrected chi connectivity index (χ4v) is 1.22. The van der Waals surface area contributed by atoms with E-state index in [0.29, 0.717) is 19.5 Å². The minimum Gasteiger partial charge on any atom is -0.381 e. The number of nitrogens with two attached hydrogens (primary N) is 1. The zero-order chi connectivity index (χ0) is 12.2. The smallest absolute Gasteiger partial charge is 0.220 e. The second kappa shape index (κ2) is 10.9. The molecular formula is C12H26N2O2. The normalized spacial score (nSPS) is 12.4. The first-order valence-corrected chi connectivity index (χ1v) is 6.25. The number of carbonyl (C=O) groups is 1. The summed E-state index contributed by atoms with van der Waals surface area (Å²) < 4.78 is 5.39. The minimum atomic E-state index is 0.0894.